The minimum absolute atomic E-state index is 0.130. The van der Waals surface area contributed by atoms with Crippen LogP contribution in [0.25, 0.3) is 21.9 Å². The average Bonchev–Trinajstić information content (AvgIpc) is 3.15. The van der Waals surface area contributed by atoms with Gasteiger partial charge in [-0.2, -0.15) is 0 Å². The summed E-state index contributed by atoms with van der Waals surface area (Å²) in [7, 11) is 1.74. The van der Waals surface area contributed by atoms with Crippen molar-refractivity contribution < 1.29 is 19.1 Å². The molecule has 0 saturated carbocycles. The van der Waals surface area contributed by atoms with Gasteiger partial charge in [-0.3, -0.25) is 9.69 Å². The number of benzene rings is 6. The Balaban J connectivity index is 1.16. The van der Waals surface area contributed by atoms with E-state index in [-0.39, 0.29) is 18.4 Å². The number of rotatable bonds is 11. The van der Waals surface area contributed by atoms with E-state index in [0.717, 1.165) is 38.8 Å². The van der Waals surface area contributed by atoms with E-state index in [2.05, 4.69) is 10.6 Å². The molecule has 1 unspecified atom stereocenters. The van der Waals surface area contributed by atoms with Crippen LogP contribution >= 0.6 is 0 Å². The molecule has 0 spiro atoms. The molecule has 6 aromatic carbocycles. The third kappa shape index (κ3) is 7.85. The van der Waals surface area contributed by atoms with Crippen molar-refractivity contribution in [2.24, 2.45) is 0 Å². The second-order valence-electron chi connectivity index (χ2n) is 11.7. The lowest BCUT2D eigenvalue weighted by Gasteiger charge is -2.21. The number of para-hydroxylation sites is 1. The topological polar surface area (TPSA) is 87.7 Å². The number of nitrogens with one attached hydrogen (secondary N) is 2. The number of anilines is 3. The number of ketones is 1. The highest BCUT2D eigenvalue weighted by Gasteiger charge is 2.23. The zero-order valence-corrected chi connectivity index (χ0v) is 27.4. The van der Waals surface area contributed by atoms with E-state index in [1.54, 1.807) is 43.1 Å². The first-order valence-electron chi connectivity index (χ1n) is 16.2. The van der Waals surface area contributed by atoms with Crippen molar-refractivity contribution in [2.75, 3.05) is 29.2 Å². The van der Waals surface area contributed by atoms with Crippen LogP contribution in [0.15, 0.2) is 146 Å². The van der Waals surface area contributed by atoms with E-state index in [1.165, 1.54) is 0 Å². The van der Waals surface area contributed by atoms with Gasteiger partial charge < -0.3 is 15.4 Å². The van der Waals surface area contributed by atoms with Gasteiger partial charge >= 0.3 is 12.0 Å². The van der Waals surface area contributed by atoms with E-state index in [4.69, 9.17) is 4.74 Å². The van der Waals surface area contributed by atoms with Crippen molar-refractivity contribution in [2.45, 2.75) is 19.4 Å². The van der Waals surface area contributed by atoms with Crippen LogP contribution in [0.1, 0.15) is 28.4 Å². The van der Waals surface area contributed by atoms with Gasteiger partial charge in [-0.05, 0) is 70.8 Å². The van der Waals surface area contributed by atoms with E-state index in [9.17, 15) is 14.4 Å². The monoisotopic (exact) mass is 647 g/mol. The fraction of sp³-hybridized carbons (Fsp3) is 0.119. The summed E-state index contributed by atoms with van der Waals surface area (Å²) in [6.45, 7) is 2.01. The molecular formula is C42H37N3O4. The van der Waals surface area contributed by atoms with Crippen LogP contribution in [0.4, 0.5) is 21.9 Å². The first-order chi connectivity index (χ1) is 23.9. The van der Waals surface area contributed by atoms with Crippen molar-refractivity contribution in [1.82, 2.24) is 0 Å². The van der Waals surface area contributed by atoms with E-state index >= 15 is 0 Å². The largest absolute Gasteiger partial charge is 0.464 e. The van der Waals surface area contributed by atoms with E-state index < -0.39 is 12.0 Å². The van der Waals surface area contributed by atoms with Gasteiger partial charge in [0.15, 0.2) is 5.78 Å². The normalized spacial score (nSPS) is 11.4. The number of fused-ring (bicyclic) bond motifs is 1. The van der Waals surface area contributed by atoms with E-state index in [1.807, 2.05) is 121 Å². The summed E-state index contributed by atoms with van der Waals surface area (Å²) in [5.41, 5.74) is 5.92. The molecule has 0 aromatic heterocycles. The van der Waals surface area contributed by atoms with Crippen LogP contribution in [0.2, 0.25) is 0 Å². The van der Waals surface area contributed by atoms with Gasteiger partial charge in [-0.15, -0.1) is 0 Å². The first kappa shape index (κ1) is 32.7. The second kappa shape index (κ2) is 15.1. The van der Waals surface area contributed by atoms with Gasteiger partial charge in [0.1, 0.15) is 6.04 Å². The molecule has 0 aliphatic rings. The highest BCUT2D eigenvalue weighted by molar-refractivity contribution is 6.12. The maximum absolute atomic E-state index is 13.3. The molecule has 0 aliphatic heterocycles. The van der Waals surface area contributed by atoms with Gasteiger partial charge in [0.05, 0.1) is 6.61 Å². The summed E-state index contributed by atoms with van der Waals surface area (Å²) in [6.07, 6.45) is 0.352. The molecule has 244 valence electrons. The molecule has 49 heavy (non-hydrogen) atoms. The molecule has 2 N–H and O–H groups in total. The molecule has 0 bridgehead atoms. The molecule has 1 atom stereocenters. The number of hydrogen-bond acceptors (Lipinski definition) is 5. The standard InChI is InChI=1S/C42H37N3O4/c1-3-49-41(47)39(44-38-19-10-9-18-37(38)40(46)32-13-5-4-6-14-32)26-29-20-22-31(23-21-29)34-16-11-17-36(28-34)45(2)42(48)43-35-25-24-30-12-7-8-15-33(30)27-35/h4-25,27-28,39,44H,3,26H2,1-2H3,(H,43,48). The minimum Gasteiger partial charge on any atom is -0.464 e. The summed E-state index contributed by atoms with van der Waals surface area (Å²) in [5, 5.41) is 8.46. The van der Waals surface area contributed by atoms with Crippen molar-refractivity contribution in [3.8, 4) is 11.1 Å². The smallest absolute Gasteiger partial charge is 0.328 e. The molecule has 6 aromatic rings. The van der Waals surface area contributed by atoms with Crippen LogP contribution in [0.3, 0.4) is 0 Å². The SMILES string of the molecule is CCOC(=O)C(Cc1ccc(-c2cccc(N(C)C(=O)Nc3ccc4ccccc4c3)c2)cc1)Nc1ccccc1C(=O)c1ccccc1. The molecule has 0 heterocycles. The van der Waals surface area contributed by atoms with Crippen LogP contribution in [0, 0.1) is 0 Å². The molecular weight excluding hydrogens is 610 g/mol. The lowest BCUT2D eigenvalue weighted by Crippen LogP contribution is -2.34. The average molecular weight is 648 g/mol. The Morgan fingerprint density at radius 1 is 0.694 bits per heavy atom. The molecule has 0 radical (unpaired) electrons. The zero-order valence-electron chi connectivity index (χ0n) is 27.4. The predicted octanol–water partition coefficient (Wildman–Crippen LogP) is 8.99. The van der Waals surface area contributed by atoms with Crippen molar-refractivity contribution in [1.29, 1.82) is 0 Å². The summed E-state index contributed by atoms with van der Waals surface area (Å²) >= 11 is 0. The highest BCUT2D eigenvalue weighted by Crippen LogP contribution is 2.27. The summed E-state index contributed by atoms with van der Waals surface area (Å²) in [5.74, 6) is -0.527. The van der Waals surface area contributed by atoms with E-state index in [0.29, 0.717) is 23.2 Å². The summed E-state index contributed by atoms with van der Waals surface area (Å²) in [4.78, 5) is 41.2. The fourth-order valence-electron chi connectivity index (χ4n) is 5.73. The third-order valence-corrected chi connectivity index (χ3v) is 8.37. The van der Waals surface area contributed by atoms with Crippen LogP contribution in [0.5, 0.6) is 0 Å². The predicted molar refractivity (Wildman–Crippen MR) is 197 cm³/mol. The van der Waals surface area contributed by atoms with Gasteiger partial charge in [0, 0.05) is 41.7 Å². The number of carbonyl (C=O) groups excluding carboxylic acids is 3. The lowest BCUT2D eigenvalue weighted by atomic mass is 9.98. The molecule has 7 nitrogen and oxygen atoms in total. The first-order valence-corrected chi connectivity index (χ1v) is 16.2. The Morgan fingerprint density at radius 2 is 1.41 bits per heavy atom. The number of esters is 1. The molecule has 2 amide bonds. The van der Waals surface area contributed by atoms with Crippen LogP contribution < -0.4 is 15.5 Å². The Kier molecular flexibility index (Phi) is 10.1. The van der Waals surface area contributed by atoms with Gasteiger partial charge in [-0.25, -0.2) is 9.59 Å². The Morgan fingerprint density at radius 3 is 2.18 bits per heavy atom. The third-order valence-electron chi connectivity index (χ3n) is 8.37. The zero-order chi connectivity index (χ0) is 34.2. The number of urea groups is 1. The van der Waals surface area contributed by atoms with Crippen molar-refractivity contribution >= 4 is 45.6 Å². The highest BCUT2D eigenvalue weighted by atomic mass is 16.5. The number of carbonyl (C=O) groups is 3. The summed E-state index contributed by atoms with van der Waals surface area (Å²) < 4.78 is 5.41. The lowest BCUT2D eigenvalue weighted by molar-refractivity contribution is -0.144. The maximum atomic E-state index is 13.3. The molecule has 6 rings (SSSR count). The Bertz CT molecular complexity index is 2090. The number of ether oxygens (including phenoxy) is 1. The number of nitrogens with zero attached hydrogens (tertiary/aromatic N) is 1. The minimum atomic E-state index is -0.714. The summed E-state index contributed by atoms with van der Waals surface area (Å²) in [6, 6.07) is 44.9. The Hall–Kier alpha value is -6.21. The van der Waals surface area contributed by atoms with Crippen LogP contribution in [-0.2, 0) is 16.0 Å². The molecule has 0 saturated heterocycles. The van der Waals surface area contributed by atoms with Crippen LogP contribution in [-0.4, -0.2) is 37.5 Å². The fourth-order valence-corrected chi connectivity index (χ4v) is 5.73. The quantitative estimate of drug-likeness (QED) is 0.108. The second-order valence-corrected chi connectivity index (χ2v) is 11.7. The number of hydrogen-bond donors (Lipinski definition) is 2. The van der Waals surface area contributed by atoms with Gasteiger partial charge in [0.2, 0.25) is 0 Å². The van der Waals surface area contributed by atoms with Gasteiger partial charge in [-0.1, -0.05) is 109 Å². The van der Waals surface area contributed by atoms with Crippen molar-refractivity contribution in [3.05, 3.63) is 162 Å². The Labute approximate surface area is 286 Å². The van der Waals surface area contributed by atoms with Crippen molar-refractivity contribution in [3.63, 3.8) is 0 Å². The number of amides is 2. The van der Waals surface area contributed by atoms with Gasteiger partial charge in [0.25, 0.3) is 0 Å². The molecule has 0 aliphatic carbocycles. The molecule has 0 fully saturated rings. The molecule has 7 heteroatoms. The maximum Gasteiger partial charge on any atom is 0.328 e.